The molecule has 1 saturated heterocycles. The van der Waals surface area contributed by atoms with Gasteiger partial charge in [0.05, 0.1) is 30.5 Å². The number of nitrogens with one attached hydrogen (secondary N) is 1. The topological polar surface area (TPSA) is 43.0 Å². The van der Waals surface area contributed by atoms with Crippen molar-refractivity contribution in [1.29, 1.82) is 0 Å². The zero-order chi connectivity index (χ0) is 23.0. The fraction of sp³-hybridized carbons (Fsp3) is 0.308. The highest BCUT2D eigenvalue weighted by molar-refractivity contribution is 9.10. The van der Waals surface area contributed by atoms with Gasteiger partial charge in [0.2, 0.25) is 0 Å². The predicted molar refractivity (Wildman–Crippen MR) is 138 cm³/mol. The molecule has 174 valence electrons. The third kappa shape index (κ3) is 6.34. The third-order valence-electron chi connectivity index (χ3n) is 5.43. The second-order valence-corrected chi connectivity index (χ2v) is 8.98. The van der Waals surface area contributed by atoms with Crippen molar-refractivity contribution >= 4 is 38.9 Å². The SMILES string of the molecule is CCOc1cc(CNc2ccc(N3CCOCC3)c(Cl)c2)c(Br)cc1OCc1ccccc1. The van der Waals surface area contributed by atoms with Crippen molar-refractivity contribution < 1.29 is 14.2 Å². The summed E-state index contributed by atoms with van der Waals surface area (Å²) in [5.41, 5.74) is 4.19. The molecule has 0 aliphatic carbocycles. The van der Waals surface area contributed by atoms with Crippen LogP contribution in [0.3, 0.4) is 0 Å². The zero-order valence-electron chi connectivity index (χ0n) is 18.7. The number of halogens is 2. The molecule has 0 saturated carbocycles. The van der Waals surface area contributed by atoms with Crippen LogP contribution in [-0.4, -0.2) is 32.9 Å². The first-order chi connectivity index (χ1) is 16.1. The molecule has 0 radical (unpaired) electrons. The van der Waals surface area contributed by atoms with Gasteiger partial charge in [0.1, 0.15) is 6.61 Å². The van der Waals surface area contributed by atoms with Gasteiger partial charge in [-0.2, -0.15) is 0 Å². The number of anilines is 2. The lowest BCUT2D eigenvalue weighted by Crippen LogP contribution is -2.36. The first-order valence-corrected chi connectivity index (χ1v) is 12.3. The molecule has 7 heteroatoms. The molecule has 0 bridgehead atoms. The highest BCUT2D eigenvalue weighted by Gasteiger charge is 2.15. The summed E-state index contributed by atoms with van der Waals surface area (Å²) in [4.78, 5) is 2.26. The third-order valence-corrected chi connectivity index (χ3v) is 6.47. The number of morpholine rings is 1. The average Bonchev–Trinajstić information content (AvgIpc) is 2.84. The summed E-state index contributed by atoms with van der Waals surface area (Å²) in [6, 6.07) is 20.2. The lowest BCUT2D eigenvalue weighted by Gasteiger charge is -2.29. The Kier molecular flexibility index (Phi) is 8.37. The molecule has 3 aromatic carbocycles. The Morgan fingerprint density at radius 1 is 1.00 bits per heavy atom. The van der Waals surface area contributed by atoms with Crippen LogP contribution in [0.25, 0.3) is 0 Å². The second kappa shape index (κ2) is 11.6. The van der Waals surface area contributed by atoms with E-state index in [0.717, 1.165) is 64.0 Å². The Hall–Kier alpha value is -2.41. The van der Waals surface area contributed by atoms with Crippen LogP contribution in [0, 0.1) is 0 Å². The van der Waals surface area contributed by atoms with Crippen molar-refractivity contribution in [3.8, 4) is 11.5 Å². The van der Waals surface area contributed by atoms with Gasteiger partial charge in [-0.05, 0) is 48.4 Å². The number of nitrogens with zero attached hydrogens (tertiary/aromatic N) is 1. The molecule has 1 aliphatic heterocycles. The average molecular weight is 532 g/mol. The van der Waals surface area contributed by atoms with Gasteiger partial charge in [0.25, 0.3) is 0 Å². The summed E-state index contributed by atoms with van der Waals surface area (Å²) in [6.07, 6.45) is 0. The van der Waals surface area contributed by atoms with Crippen LogP contribution in [0.15, 0.2) is 65.1 Å². The molecule has 0 aromatic heterocycles. The van der Waals surface area contributed by atoms with Crippen molar-refractivity contribution in [2.24, 2.45) is 0 Å². The van der Waals surface area contributed by atoms with Crippen LogP contribution in [0.4, 0.5) is 11.4 Å². The van der Waals surface area contributed by atoms with E-state index in [2.05, 4.69) is 38.3 Å². The van der Waals surface area contributed by atoms with E-state index in [4.69, 9.17) is 25.8 Å². The van der Waals surface area contributed by atoms with Crippen LogP contribution in [0.5, 0.6) is 11.5 Å². The first-order valence-electron chi connectivity index (χ1n) is 11.1. The number of hydrogen-bond acceptors (Lipinski definition) is 5. The normalized spacial score (nSPS) is 13.6. The molecule has 33 heavy (non-hydrogen) atoms. The maximum absolute atomic E-state index is 6.58. The minimum absolute atomic E-state index is 0.485. The molecule has 1 aliphatic rings. The molecule has 1 fully saturated rings. The number of benzene rings is 3. The quantitative estimate of drug-likeness (QED) is 0.340. The fourth-order valence-corrected chi connectivity index (χ4v) is 4.47. The Balaban J connectivity index is 1.44. The van der Waals surface area contributed by atoms with E-state index in [0.29, 0.717) is 25.5 Å². The Morgan fingerprint density at radius 3 is 2.48 bits per heavy atom. The highest BCUT2D eigenvalue weighted by atomic mass is 79.9. The Bertz CT molecular complexity index is 1060. The molecule has 4 rings (SSSR count). The van der Waals surface area contributed by atoms with E-state index in [9.17, 15) is 0 Å². The number of ether oxygens (including phenoxy) is 3. The first kappa shape index (κ1) is 23.7. The van der Waals surface area contributed by atoms with Gasteiger partial charge in [-0.1, -0.05) is 57.9 Å². The van der Waals surface area contributed by atoms with Crippen molar-refractivity contribution in [2.45, 2.75) is 20.1 Å². The van der Waals surface area contributed by atoms with Crippen molar-refractivity contribution in [1.82, 2.24) is 0 Å². The van der Waals surface area contributed by atoms with E-state index >= 15 is 0 Å². The van der Waals surface area contributed by atoms with E-state index < -0.39 is 0 Å². The van der Waals surface area contributed by atoms with Crippen LogP contribution >= 0.6 is 27.5 Å². The predicted octanol–water partition coefficient (Wildman–Crippen LogP) is 6.53. The number of rotatable bonds is 9. The lowest BCUT2D eigenvalue weighted by atomic mass is 10.2. The molecule has 0 amide bonds. The van der Waals surface area contributed by atoms with Gasteiger partial charge in [0, 0.05) is 29.8 Å². The summed E-state index contributed by atoms with van der Waals surface area (Å²) < 4.78 is 18.3. The summed E-state index contributed by atoms with van der Waals surface area (Å²) >= 11 is 10.3. The van der Waals surface area contributed by atoms with E-state index in [-0.39, 0.29) is 0 Å². The smallest absolute Gasteiger partial charge is 0.162 e. The van der Waals surface area contributed by atoms with E-state index in [1.54, 1.807) is 0 Å². The molecule has 0 unspecified atom stereocenters. The van der Waals surface area contributed by atoms with E-state index in [1.165, 1.54) is 0 Å². The Labute approximate surface area is 208 Å². The molecular weight excluding hydrogens is 504 g/mol. The van der Waals surface area contributed by atoms with Crippen molar-refractivity contribution in [2.75, 3.05) is 43.1 Å². The maximum Gasteiger partial charge on any atom is 0.162 e. The fourth-order valence-electron chi connectivity index (χ4n) is 3.70. The summed E-state index contributed by atoms with van der Waals surface area (Å²) in [6.45, 7) is 6.82. The molecule has 1 N–H and O–H groups in total. The van der Waals surface area contributed by atoms with Gasteiger partial charge in [-0.3, -0.25) is 0 Å². The molecular formula is C26H28BrClN2O3. The van der Waals surface area contributed by atoms with Crippen LogP contribution in [0.2, 0.25) is 5.02 Å². The minimum atomic E-state index is 0.485. The molecule has 0 spiro atoms. The molecule has 3 aromatic rings. The monoisotopic (exact) mass is 530 g/mol. The lowest BCUT2D eigenvalue weighted by molar-refractivity contribution is 0.122. The zero-order valence-corrected chi connectivity index (χ0v) is 21.0. The van der Waals surface area contributed by atoms with Gasteiger partial charge >= 0.3 is 0 Å². The largest absolute Gasteiger partial charge is 0.490 e. The van der Waals surface area contributed by atoms with Gasteiger partial charge in [-0.15, -0.1) is 0 Å². The van der Waals surface area contributed by atoms with Crippen LogP contribution < -0.4 is 19.7 Å². The van der Waals surface area contributed by atoms with Crippen molar-refractivity contribution in [3.05, 3.63) is 81.3 Å². The van der Waals surface area contributed by atoms with Crippen LogP contribution in [-0.2, 0) is 17.9 Å². The summed E-state index contributed by atoms with van der Waals surface area (Å²) in [7, 11) is 0. The Morgan fingerprint density at radius 2 is 1.76 bits per heavy atom. The van der Waals surface area contributed by atoms with Crippen LogP contribution in [0.1, 0.15) is 18.1 Å². The van der Waals surface area contributed by atoms with Gasteiger partial charge in [-0.25, -0.2) is 0 Å². The summed E-state index contributed by atoms with van der Waals surface area (Å²) in [5, 5.41) is 4.20. The molecule has 5 nitrogen and oxygen atoms in total. The molecule has 1 heterocycles. The summed E-state index contributed by atoms with van der Waals surface area (Å²) in [5.74, 6) is 1.45. The standard InChI is InChI=1S/C26H28BrClN2O3/c1-2-32-25-14-20(22(27)16-26(25)33-18-19-6-4-3-5-7-19)17-29-21-8-9-24(23(28)15-21)30-10-12-31-13-11-30/h3-9,14-16,29H,2,10-13,17-18H2,1H3. The number of hydrogen-bond donors (Lipinski definition) is 1. The van der Waals surface area contributed by atoms with E-state index in [1.807, 2.05) is 55.5 Å². The maximum atomic E-state index is 6.58. The van der Waals surface area contributed by atoms with Gasteiger partial charge in [0.15, 0.2) is 11.5 Å². The minimum Gasteiger partial charge on any atom is -0.490 e. The highest BCUT2D eigenvalue weighted by Crippen LogP contribution is 2.35. The second-order valence-electron chi connectivity index (χ2n) is 7.72. The molecule has 0 atom stereocenters. The van der Waals surface area contributed by atoms with Gasteiger partial charge < -0.3 is 24.4 Å². The van der Waals surface area contributed by atoms with Crippen molar-refractivity contribution in [3.63, 3.8) is 0 Å².